The molecule has 0 heterocycles. The number of halogens is 3. The maximum absolute atomic E-state index is 6.31. The van der Waals surface area contributed by atoms with E-state index >= 15 is 0 Å². The minimum Gasteiger partial charge on any atom is -0.295 e. The maximum atomic E-state index is 6.31. The third kappa shape index (κ3) is 4.35. The molecule has 0 amide bonds. The van der Waals surface area contributed by atoms with Crippen LogP contribution in [-0.4, -0.2) is 22.8 Å². The molecule has 0 saturated heterocycles. The molecule has 0 N–H and O–H groups in total. The summed E-state index contributed by atoms with van der Waals surface area (Å²) in [7, 11) is 0. The van der Waals surface area contributed by atoms with Gasteiger partial charge in [0, 0.05) is 24.5 Å². The molecule has 0 unspecified atom stereocenters. The van der Waals surface area contributed by atoms with Gasteiger partial charge < -0.3 is 0 Å². The smallest absolute Gasteiger partial charge is 0.0637 e. The largest absolute Gasteiger partial charge is 0.295 e. The van der Waals surface area contributed by atoms with Gasteiger partial charge in [0.15, 0.2) is 0 Å². The van der Waals surface area contributed by atoms with Crippen molar-refractivity contribution in [2.45, 2.75) is 44.7 Å². The molecule has 1 saturated carbocycles. The average molecular weight is 365 g/mol. The van der Waals surface area contributed by atoms with Crippen LogP contribution in [0, 0.1) is 0 Å². The first-order chi connectivity index (χ1) is 9.22. The number of hydrogen-bond acceptors (Lipinski definition) is 1. The van der Waals surface area contributed by atoms with Crippen molar-refractivity contribution >= 4 is 39.1 Å². The zero-order valence-corrected chi connectivity index (χ0v) is 14.1. The summed E-state index contributed by atoms with van der Waals surface area (Å²) >= 11 is 16.0. The highest BCUT2D eigenvalue weighted by Crippen LogP contribution is 2.29. The molecular formula is C15H20BrCl2N. The molecule has 4 heteroatoms. The van der Waals surface area contributed by atoms with Gasteiger partial charge in [-0.05, 0) is 24.5 Å². The van der Waals surface area contributed by atoms with E-state index in [1.165, 1.54) is 32.1 Å². The molecule has 0 spiro atoms. The molecule has 0 atom stereocenters. The highest BCUT2D eigenvalue weighted by atomic mass is 79.9. The molecule has 1 aliphatic carbocycles. The molecule has 2 rings (SSSR count). The fraction of sp³-hybridized carbons (Fsp3) is 0.600. The Morgan fingerprint density at radius 2 is 1.89 bits per heavy atom. The van der Waals surface area contributed by atoms with E-state index in [1.54, 1.807) is 0 Å². The predicted molar refractivity (Wildman–Crippen MR) is 87.5 cm³/mol. The third-order valence-corrected chi connectivity index (χ3v) is 5.08. The van der Waals surface area contributed by atoms with Crippen LogP contribution < -0.4 is 0 Å². The second-order valence-corrected chi connectivity index (χ2v) is 6.74. The molecule has 19 heavy (non-hydrogen) atoms. The second kappa shape index (κ2) is 7.87. The van der Waals surface area contributed by atoms with Crippen molar-refractivity contribution < 1.29 is 0 Å². The van der Waals surface area contributed by atoms with Crippen molar-refractivity contribution in [1.29, 1.82) is 0 Å². The Hall–Kier alpha value is 0.240. The summed E-state index contributed by atoms with van der Waals surface area (Å²) in [4.78, 5) is 2.55. The van der Waals surface area contributed by atoms with Gasteiger partial charge in [0.2, 0.25) is 0 Å². The van der Waals surface area contributed by atoms with Crippen molar-refractivity contribution in [3.05, 3.63) is 33.8 Å². The summed E-state index contributed by atoms with van der Waals surface area (Å²) in [5, 5.41) is 2.36. The van der Waals surface area contributed by atoms with Gasteiger partial charge in [-0.1, -0.05) is 70.5 Å². The van der Waals surface area contributed by atoms with E-state index in [1.807, 2.05) is 12.1 Å². The van der Waals surface area contributed by atoms with Gasteiger partial charge in [0.05, 0.1) is 10.0 Å². The highest BCUT2D eigenvalue weighted by Gasteiger charge is 2.21. The standard InChI is InChI=1S/C15H20BrCl2N/c16-9-10-19(13-6-2-1-3-7-13)11-12-5-4-8-14(17)15(12)18/h4-5,8,13H,1-3,6-7,9-11H2. The molecule has 0 radical (unpaired) electrons. The van der Waals surface area contributed by atoms with Crippen LogP contribution in [0.3, 0.4) is 0 Å². The summed E-state index contributed by atoms with van der Waals surface area (Å²) in [6.07, 6.45) is 6.71. The predicted octanol–water partition coefficient (Wildman–Crippen LogP) is 5.52. The summed E-state index contributed by atoms with van der Waals surface area (Å²) < 4.78 is 0. The lowest BCUT2D eigenvalue weighted by atomic mass is 9.94. The normalized spacial score (nSPS) is 17.1. The van der Waals surface area contributed by atoms with Crippen LogP contribution in [0.5, 0.6) is 0 Å². The van der Waals surface area contributed by atoms with Crippen molar-refractivity contribution in [3.8, 4) is 0 Å². The molecule has 1 aromatic carbocycles. The average Bonchev–Trinajstić information content (AvgIpc) is 2.44. The fourth-order valence-electron chi connectivity index (χ4n) is 2.83. The van der Waals surface area contributed by atoms with Crippen LogP contribution in [0.2, 0.25) is 10.0 Å². The summed E-state index contributed by atoms with van der Waals surface area (Å²) in [5.41, 5.74) is 1.14. The lowest BCUT2D eigenvalue weighted by molar-refractivity contribution is 0.158. The van der Waals surface area contributed by atoms with Crippen LogP contribution in [-0.2, 0) is 6.54 Å². The van der Waals surface area contributed by atoms with E-state index in [-0.39, 0.29) is 0 Å². The number of nitrogens with zero attached hydrogens (tertiary/aromatic N) is 1. The Labute approximate surface area is 134 Å². The van der Waals surface area contributed by atoms with Crippen LogP contribution in [0.25, 0.3) is 0 Å². The molecule has 1 nitrogen and oxygen atoms in total. The molecule has 1 aromatic rings. The van der Waals surface area contributed by atoms with E-state index in [9.17, 15) is 0 Å². The lowest BCUT2D eigenvalue weighted by Crippen LogP contribution is -2.37. The van der Waals surface area contributed by atoms with E-state index in [0.29, 0.717) is 16.1 Å². The summed E-state index contributed by atoms with van der Waals surface area (Å²) in [6, 6.07) is 6.61. The molecule has 1 fully saturated rings. The number of alkyl halides is 1. The highest BCUT2D eigenvalue weighted by molar-refractivity contribution is 9.09. The lowest BCUT2D eigenvalue weighted by Gasteiger charge is -2.34. The first-order valence-corrected chi connectivity index (χ1v) is 8.83. The van der Waals surface area contributed by atoms with Crippen molar-refractivity contribution in [1.82, 2.24) is 4.90 Å². The Morgan fingerprint density at radius 3 is 2.58 bits per heavy atom. The number of rotatable bonds is 5. The Bertz CT molecular complexity index is 405. The molecule has 0 aromatic heterocycles. The Balaban J connectivity index is 2.08. The topological polar surface area (TPSA) is 3.24 Å². The van der Waals surface area contributed by atoms with Gasteiger partial charge in [-0.25, -0.2) is 0 Å². The van der Waals surface area contributed by atoms with Gasteiger partial charge in [0.1, 0.15) is 0 Å². The van der Waals surface area contributed by atoms with E-state index in [0.717, 1.165) is 24.0 Å². The SMILES string of the molecule is Clc1cccc(CN(CCBr)C2CCCCC2)c1Cl. The first-order valence-electron chi connectivity index (χ1n) is 6.95. The quantitative estimate of drug-likeness (QED) is 0.621. The van der Waals surface area contributed by atoms with Gasteiger partial charge in [0.25, 0.3) is 0 Å². The van der Waals surface area contributed by atoms with Crippen LogP contribution in [0.4, 0.5) is 0 Å². The summed E-state index contributed by atoms with van der Waals surface area (Å²) in [6.45, 7) is 1.96. The number of hydrogen-bond donors (Lipinski definition) is 0. The van der Waals surface area contributed by atoms with Crippen molar-refractivity contribution in [2.75, 3.05) is 11.9 Å². The molecule has 1 aliphatic rings. The molecule has 0 bridgehead atoms. The second-order valence-electron chi connectivity index (χ2n) is 5.16. The maximum Gasteiger partial charge on any atom is 0.0637 e. The van der Waals surface area contributed by atoms with Crippen molar-refractivity contribution in [2.24, 2.45) is 0 Å². The molecular weight excluding hydrogens is 345 g/mol. The van der Waals surface area contributed by atoms with E-state index in [2.05, 4.69) is 26.9 Å². The summed E-state index contributed by atoms with van der Waals surface area (Å²) in [5.74, 6) is 0. The van der Waals surface area contributed by atoms with Gasteiger partial charge in [-0.15, -0.1) is 0 Å². The number of benzene rings is 1. The van der Waals surface area contributed by atoms with Crippen LogP contribution in [0.1, 0.15) is 37.7 Å². The van der Waals surface area contributed by atoms with Gasteiger partial charge in [-0.2, -0.15) is 0 Å². The molecule has 0 aliphatic heterocycles. The van der Waals surface area contributed by atoms with Gasteiger partial charge >= 0.3 is 0 Å². The van der Waals surface area contributed by atoms with E-state index < -0.39 is 0 Å². The van der Waals surface area contributed by atoms with E-state index in [4.69, 9.17) is 23.2 Å². The van der Waals surface area contributed by atoms with Crippen molar-refractivity contribution in [3.63, 3.8) is 0 Å². The zero-order chi connectivity index (χ0) is 13.7. The first kappa shape index (κ1) is 15.6. The van der Waals surface area contributed by atoms with Gasteiger partial charge in [-0.3, -0.25) is 4.90 Å². The monoisotopic (exact) mass is 363 g/mol. The minimum absolute atomic E-state index is 0.654. The van der Waals surface area contributed by atoms with Crippen LogP contribution >= 0.6 is 39.1 Å². The zero-order valence-electron chi connectivity index (χ0n) is 11.0. The minimum atomic E-state index is 0.654. The third-order valence-electron chi connectivity index (χ3n) is 3.87. The Morgan fingerprint density at radius 1 is 1.16 bits per heavy atom. The van der Waals surface area contributed by atoms with Crippen LogP contribution in [0.15, 0.2) is 18.2 Å². The molecule has 106 valence electrons. The fourth-order valence-corrected chi connectivity index (χ4v) is 3.67. The Kier molecular flexibility index (Phi) is 6.48.